The molecule has 0 rings (SSSR count). The molecule has 0 radical (unpaired) electrons. The van der Waals surface area contributed by atoms with E-state index < -0.39 is 35.3 Å². The average Bonchev–Trinajstić information content (AvgIpc) is 3.25. The summed E-state index contributed by atoms with van der Waals surface area (Å²) in [6.45, 7) is 12.0. The molecule has 0 fully saturated rings. The molecule has 0 aliphatic rings. The van der Waals surface area contributed by atoms with Gasteiger partial charge in [0.05, 0.1) is 36.7 Å². The maximum Gasteiger partial charge on any atom is 0.407 e. The maximum absolute atomic E-state index is 12.9. The van der Waals surface area contributed by atoms with E-state index in [1.807, 2.05) is 0 Å². The first-order valence-corrected chi connectivity index (χ1v) is 26.7. The highest BCUT2D eigenvalue weighted by Crippen LogP contribution is 2.17. The second-order valence-corrected chi connectivity index (χ2v) is 19.8. The van der Waals surface area contributed by atoms with Crippen LogP contribution in [0.2, 0.25) is 0 Å². The van der Waals surface area contributed by atoms with Gasteiger partial charge in [-0.25, -0.2) is 4.79 Å². The van der Waals surface area contributed by atoms with Gasteiger partial charge in [-0.2, -0.15) is 0 Å². The summed E-state index contributed by atoms with van der Waals surface area (Å²) in [6.07, 6.45) is 39.2. The van der Waals surface area contributed by atoms with Crippen molar-refractivity contribution in [2.45, 2.75) is 284 Å². The predicted molar refractivity (Wildman–Crippen MR) is 262 cm³/mol. The molecule has 0 bridgehead atoms. The fourth-order valence-corrected chi connectivity index (χ4v) is 7.59. The van der Waals surface area contributed by atoms with Crippen molar-refractivity contribution < 1.29 is 43.2 Å². The van der Waals surface area contributed by atoms with Crippen LogP contribution in [0.4, 0.5) is 4.79 Å². The van der Waals surface area contributed by atoms with Crippen LogP contribution in [-0.4, -0.2) is 79.3 Å². The number of carbonyl (C=O) groups excluding carboxylic acids is 4. The van der Waals surface area contributed by atoms with Gasteiger partial charge in [-0.1, -0.05) is 200 Å². The van der Waals surface area contributed by atoms with Crippen LogP contribution in [-0.2, 0) is 33.3 Å². The van der Waals surface area contributed by atoms with Gasteiger partial charge in [0.25, 0.3) is 0 Å². The summed E-state index contributed by atoms with van der Waals surface area (Å²) >= 11 is 0. The third-order valence-electron chi connectivity index (χ3n) is 11.9. The SMILES string of the molecule is CCCCCCCCCCCCCCCCCCNC(=O)OCC(COC(=O)CCC(=O)OCC(C)(C)OCCC(C)(C)O)NC(=O)CCCCCCCCCCCCCCCCC. The summed E-state index contributed by atoms with van der Waals surface area (Å²) in [6, 6.07) is -0.720. The lowest BCUT2D eigenvalue weighted by atomic mass is 10.0. The zero-order valence-electron chi connectivity index (χ0n) is 42.6. The summed E-state index contributed by atoms with van der Waals surface area (Å²) < 4.78 is 22.0. The standard InChI is InChI=1S/C53H102N2O9/c1-7-9-11-13-15-17-19-21-23-25-27-29-31-33-35-37-42-54-51(59)62-45-47(44-61-49(57)39-40-50(58)63-46-53(5,6)64-43-41-52(3,4)60)55-48(56)38-36-34-32-30-28-26-24-22-20-18-16-14-12-10-8-2/h47,60H,7-46H2,1-6H3,(H,54,59)(H,55,56). The molecule has 0 aliphatic heterocycles. The second kappa shape index (κ2) is 43.2. The lowest BCUT2D eigenvalue weighted by molar-refractivity contribution is -0.157. The van der Waals surface area contributed by atoms with E-state index in [1.54, 1.807) is 27.7 Å². The lowest BCUT2D eigenvalue weighted by Gasteiger charge is -2.26. The molecular formula is C53H102N2O9. The van der Waals surface area contributed by atoms with Gasteiger partial charge in [-0.15, -0.1) is 0 Å². The topological polar surface area (TPSA) is 149 Å². The molecule has 11 nitrogen and oxygen atoms in total. The van der Waals surface area contributed by atoms with Gasteiger partial charge in [0, 0.05) is 13.0 Å². The molecule has 0 aromatic carbocycles. The molecule has 0 spiro atoms. The van der Waals surface area contributed by atoms with Crippen LogP contribution in [0.15, 0.2) is 0 Å². The van der Waals surface area contributed by atoms with Crippen molar-refractivity contribution in [3.63, 3.8) is 0 Å². The molecule has 0 aromatic heterocycles. The summed E-state index contributed by atoms with van der Waals surface area (Å²) in [5.41, 5.74) is -1.61. The Hall–Kier alpha value is -2.40. The van der Waals surface area contributed by atoms with Crippen LogP contribution in [0.1, 0.15) is 266 Å². The Balaban J connectivity index is 4.51. The van der Waals surface area contributed by atoms with E-state index in [-0.39, 0.29) is 38.6 Å². The van der Waals surface area contributed by atoms with Gasteiger partial charge in [0.15, 0.2) is 0 Å². The first-order valence-electron chi connectivity index (χ1n) is 26.7. The number of ether oxygens (including phenoxy) is 4. The van der Waals surface area contributed by atoms with Crippen molar-refractivity contribution in [3.05, 3.63) is 0 Å². The van der Waals surface area contributed by atoms with Crippen LogP contribution in [0.3, 0.4) is 0 Å². The smallest absolute Gasteiger partial charge is 0.407 e. The van der Waals surface area contributed by atoms with Gasteiger partial charge in [0.2, 0.25) is 5.91 Å². The minimum Gasteiger partial charge on any atom is -0.463 e. The third kappa shape index (κ3) is 46.1. The molecular weight excluding hydrogens is 809 g/mol. The number of nitrogens with one attached hydrogen (secondary N) is 2. The molecule has 0 aliphatic carbocycles. The number of hydrogen-bond donors (Lipinski definition) is 3. The van der Waals surface area contributed by atoms with Crippen molar-refractivity contribution in [1.82, 2.24) is 10.6 Å². The number of amides is 2. The predicted octanol–water partition coefficient (Wildman–Crippen LogP) is 13.5. The second-order valence-electron chi connectivity index (χ2n) is 19.8. The molecule has 0 aromatic rings. The quantitative estimate of drug-likeness (QED) is 0.0308. The molecule has 1 atom stereocenters. The fraction of sp³-hybridized carbons (Fsp3) is 0.925. The fourth-order valence-electron chi connectivity index (χ4n) is 7.59. The highest BCUT2D eigenvalue weighted by atomic mass is 16.6. The molecule has 3 N–H and O–H groups in total. The normalized spacial score (nSPS) is 12.2. The number of unbranched alkanes of at least 4 members (excludes halogenated alkanes) is 29. The van der Waals surface area contributed by atoms with Crippen LogP contribution in [0, 0.1) is 0 Å². The molecule has 0 heterocycles. The van der Waals surface area contributed by atoms with Crippen LogP contribution in [0.5, 0.6) is 0 Å². The summed E-state index contributed by atoms with van der Waals surface area (Å²) in [4.78, 5) is 50.5. The zero-order chi connectivity index (χ0) is 47.4. The van der Waals surface area contributed by atoms with Gasteiger partial charge >= 0.3 is 18.0 Å². The van der Waals surface area contributed by atoms with Crippen molar-refractivity contribution in [3.8, 4) is 0 Å². The van der Waals surface area contributed by atoms with E-state index in [2.05, 4.69) is 24.5 Å². The number of carbonyl (C=O) groups is 4. The molecule has 1 unspecified atom stereocenters. The maximum atomic E-state index is 12.9. The molecule has 0 saturated carbocycles. The van der Waals surface area contributed by atoms with Crippen molar-refractivity contribution in [1.29, 1.82) is 0 Å². The Morgan fingerprint density at radius 2 is 0.859 bits per heavy atom. The van der Waals surface area contributed by atoms with Crippen LogP contribution in [0.25, 0.3) is 0 Å². The first-order chi connectivity index (χ1) is 30.8. The molecule has 11 heteroatoms. The number of aliphatic hydroxyl groups is 1. The Morgan fingerprint density at radius 1 is 0.484 bits per heavy atom. The largest absolute Gasteiger partial charge is 0.463 e. The number of hydrogen-bond acceptors (Lipinski definition) is 9. The van der Waals surface area contributed by atoms with Gasteiger partial charge in [0.1, 0.15) is 19.8 Å². The number of rotatable bonds is 47. The van der Waals surface area contributed by atoms with E-state index in [0.29, 0.717) is 26.0 Å². The van der Waals surface area contributed by atoms with E-state index in [9.17, 15) is 24.3 Å². The summed E-state index contributed by atoms with van der Waals surface area (Å²) in [5.74, 6) is -1.36. The van der Waals surface area contributed by atoms with E-state index in [1.165, 1.54) is 161 Å². The Bertz CT molecular complexity index is 1110. The molecule has 64 heavy (non-hydrogen) atoms. The number of esters is 2. The number of alkyl carbamates (subject to hydrolysis) is 1. The Kier molecular flexibility index (Phi) is 41.6. The van der Waals surface area contributed by atoms with Gasteiger partial charge in [-0.05, 0) is 47.0 Å². The van der Waals surface area contributed by atoms with E-state index >= 15 is 0 Å². The van der Waals surface area contributed by atoms with Crippen LogP contribution < -0.4 is 10.6 Å². The van der Waals surface area contributed by atoms with E-state index in [4.69, 9.17) is 18.9 Å². The molecule has 2 amide bonds. The summed E-state index contributed by atoms with van der Waals surface area (Å²) in [7, 11) is 0. The molecule has 378 valence electrons. The minimum absolute atomic E-state index is 0.000913. The van der Waals surface area contributed by atoms with Crippen molar-refractivity contribution >= 4 is 23.9 Å². The monoisotopic (exact) mass is 911 g/mol. The van der Waals surface area contributed by atoms with Crippen LogP contribution >= 0.6 is 0 Å². The Labute approximate surface area is 393 Å². The van der Waals surface area contributed by atoms with Gasteiger partial charge in [-0.3, -0.25) is 14.4 Å². The van der Waals surface area contributed by atoms with Gasteiger partial charge < -0.3 is 34.7 Å². The highest BCUT2D eigenvalue weighted by Gasteiger charge is 2.24. The third-order valence-corrected chi connectivity index (χ3v) is 11.9. The zero-order valence-corrected chi connectivity index (χ0v) is 42.6. The highest BCUT2D eigenvalue weighted by molar-refractivity contribution is 5.78. The lowest BCUT2D eigenvalue weighted by Crippen LogP contribution is -2.43. The first kappa shape index (κ1) is 61.6. The summed E-state index contributed by atoms with van der Waals surface area (Å²) in [5, 5.41) is 15.6. The van der Waals surface area contributed by atoms with Crippen molar-refractivity contribution in [2.24, 2.45) is 0 Å². The van der Waals surface area contributed by atoms with E-state index in [0.717, 1.165) is 38.5 Å². The minimum atomic E-state index is -0.857. The Morgan fingerprint density at radius 3 is 1.28 bits per heavy atom. The molecule has 0 saturated heterocycles. The van der Waals surface area contributed by atoms with Crippen molar-refractivity contribution in [2.75, 3.05) is 33.0 Å². The average molecular weight is 911 g/mol.